The second kappa shape index (κ2) is 19.8. The van der Waals surface area contributed by atoms with Crippen LogP contribution < -0.4 is 11.5 Å². The van der Waals surface area contributed by atoms with Gasteiger partial charge in [0, 0.05) is 60.5 Å². The van der Waals surface area contributed by atoms with Gasteiger partial charge in [0.1, 0.15) is 0 Å². The first kappa shape index (κ1) is 42.1. The SMILES string of the molecule is Cl.N[C@@H](CSSC[C@H](N)C(=O)N1CCn2nc(-c3ccncc3)cc2C1CCc1ccccc1)C(=O)N1CCn2nc(-c3ccncc3)cc2C1CCc1ccccc1. The normalized spacial score (nSPS) is 17.1. The number of hydrogen-bond acceptors (Lipinski definition) is 10. The molecule has 0 radical (unpaired) electrons. The number of fused-ring (bicyclic) bond motifs is 2. The van der Waals surface area contributed by atoms with Crippen LogP contribution in [0.2, 0.25) is 0 Å². The molecule has 2 aliphatic rings. The van der Waals surface area contributed by atoms with E-state index in [0.29, 0.717) is 37.7 Å². The summed E-state index contributed by atoms with van der Waals surface area (Å²) < 4.78 is 4.07. The molecule has 0 saturated carbocycles. The van der Waals surface area contributed by atoms with E-state index in [1.165, 1.54) is 32.7 Å². The van der Waals surface area contributed by atoms with Crippen LogP contribution in [0.1, 0.15) is 47.4 Å². The molecule has 2 aromatic carbocycles. The van der Waals surface area contributed by atoms with Crippen molar-refractivity contribution in [3.8, 4) is 22.5 Å². The Kier molecular flexibility index (Phi) is 14.2. The monoisotopic (exact) mass is 848 g/mol. The summed E-state index contributed by atoms with van der Waals surface area (Å²) in [5.41, 5.74) is 21.5. The highest BCUT2D eigenvalue weighted by Gasteiger charge is 2.36. The van der Waals surface area contributed by atoms with Crippen LogP contribution >= 0.6 is 34.0 Å². The summed E-state index contributed by atoms with van der Waals surface area (Å²) in [6, 6.07) is 30.9. The molecule has 0 saturated heterocycles. The lowest BCUT2D eigenvalue weighted by Crippen LogP contribution is -2.50. The summed E-state index contributed by atoms with van der Waals surface area (Å²) in [6.45, 7) is 2.23. The first-order valence-corrected chi connectivity index (χ1v) is 22.3. The minimum Gasteiger partial charge on any atom is -0.331 e. The molecule has 0 spiro atoms. The minimum absolute atomic E-state index is 0. The van der Waals surface area contributed by atoms with Crippen molar-refractivity contribution in [1.29, 1.82) is 0 Å². The predicted molar refractivity (Wildman–Crippen MR) is 237 cm³/mol. The summed E-state index contributed by atoms with van der Waals surface area (Å²) in [5, 5.41) is 9.81. The van der Waals surface area contributed by atoms with Gasteiger partial charge in [-0.1, -0.05) is 82.3 Å². The van der Waals surface area contributed by atoms with Gasteiger partial charge >= 0.3 is 0 Å². The smallest absolute Gasteiger partial charge is 0.241 e. The number of nitrogens with two attached hydrogens (primary N) is 2. The Morgan fingerprint density at radius 1 is 0.593 bits per heavy atom. The fourth-order valence-corrected chi connectivity index (χ4v) is 10.2. The number of nitrogens with zero attached hydrogens (tertiary/aromatic N) is 8. The summed E-state index contributed by atoms with van der Waals surface area (Å²) in [4.78, 5) is 40.4. The van der Waals surface area contributed by atoms with Gasteiger partial charge in [0.25, 0.3) is 0 Å². The Morgan fingerprint density at radius 2 is 0.983 bits per heavy atom. The molecule has 12 nitrogen and oxygen atoms in total. The van der Waals surface area contributed by atoms with Crippen molar-refractivity contribution in [1.82, 2.24) is 39.3 Å². The number of aromatic nitrogens is 6. The van der Waals surface area contributed by atoms with Crippen LogP contribution in [0.15, 0.2) is 122 Å². The number of halogens is 1. The molecule has 4 atom stereocenters. The highest BCUT2D eigenvalue weighted by Crippen LogP contribution is 2.36. The summed E-state index contributed by atoms with van der Waals surface area (Å²) in [7, 11) is 2.99. The highest BCUT2D eigenvalue weighted by atomic mass is 35.5. The van der Waals surface area contributed by atoms with Crippen molar-refractivity contribution >= 4 is 45.8 Å². The fourth-order valence-electron chi connectivity index (χ4n) is 7.96. The van der Waals surface area contributed by atoms with Gasteiger partial charge in [-0.25, -0.2) is 0 Å². The molecule has 4 N–H and O–H groups in total. The van der Waals surface area contributed by atoms with E-state index in [2.05, 4.69) is 46.4 Å². The van der Waals surface area contributed by atoms with E-state index in [4.69, 9.17) is 21.7 Å². The zero-order valence-corrected chi connectivity index (χ0v) is 35.2. The Morgan fingerprint density at radius 3 is 1.37 bits per heavy atom. The molecule has 6 heterocycles. The van der Waals surface area contributed by atoms with Crippen molar-refractivity contribution < 1.29 is 9.59 Å². The Hall–Kier alpha value is -4.99. The van der Waals surface area contributed by atoms with Crippen LogP contribution in [-0.4, -0.2) is 87.8 Å². The molecular weight excluding hydrogens is 800 g/mol. The molecule has 0 aliphatic carbocycles. The Bertz CT molecular complexity index is 2120. The number of hydrogen-bond donors (Lipinski definition) is 2. The van der Waals surface area contributed by atoms with Gasteiger partial charge in [-0.2, -0.15) is 10.2 Å². The maximum absolute atomic E-state index is 14.1. The van der Waals surface area contributed by atoms with E-state index in [9.17, 15) is 9.59 Å². The van der Waals surface area contributed by atoms with Crippen LogP contribution in [0.25, 0.3) is 22.5 Å². The molecule has 8 rings (SSSR count). The summed E-state index contributed by atoms with van der Waals surface area (Å²) in [6.07, 6.45) is 10.2. The van der Waals surface area contributed by atoms with Crippen molar-refractivity contribution in [2.24, 2.45) is 11.5 Å². The number of pyridine rings is 2. The first-order chi connectivity index (χ1) is 28.4. The van der Waals surface area contributed by atoms with Crippen LogP contribution in [0.3, 0.4) is 0 Å². The Balaban J connectivity index is 0.00000528. The van der Waals surface area contributed by atoms with Gasteiger partial charge in [-0.3, -0.25) is 28.9 Å². The second-order valence-electron chi connectivity index (χ2n) is 14.8. The van der Waals surface area contributed by atoms with Gasteiger partial charge in [-0.05, 0) is 73.2 Å². The predicted octanol–water partition coefficient (Wildman–Crippen LogP) is 6.39. The molecule has 0 bridgehead atoms. The van der Waals surface area contributed by atoms with E-state index >= 15 is 0 Å². The summed E-state index contributed by atoms with van der Waals surface area (Å²) in [5.74, 6) is 0.631. The zero-order chi connectivity index (χ0) is 39.8. The molecule has 4 aromatic heterocycles. The van der Waals surface area contributed by atoms with Gasteiger partial charge in [-0.15, -0.1) is 12.4 Å². The van der Waals surface area contributed by atoms with Crippen LogP contribution in [0, 0.1) is 0 Å². The highest BCUT2D eigenvalue weighted by molar-refractivity contribution is 8.76. The quantitative estimate of drug-likeness (QED) is 0.0878. The Labute approximate surface area is 359 Å². The van der Waals surface area contributed by atoms with E-state index in [-0.39, 0.29) is 36.3 Å². The average Bonchev–Trinajstić information content (AvgIpc) is 3.92. The maximum atomic E-state index is 14.1. The zero-order valence-electron chi connectivity index (χ0n) is 32.7. The average molecular weight is 850 g/mol. The van der Waals surface area contributed by atoms with E-state index in [0.717, 1.165) is 59.6 Å². The van der Waals surface area contributed by atoms with E-state index < -0.39 is 12.1 Å². The second-order valence-corrected chi connectivity index (χ2v) is 17.3. The number of aryl methyl sites for hydroxylation is 2. The minimum atomic E-state index is -0.711. The largest absolute Gasteiger partial charge is 0.331 e. The van der Waals surface area contributed by atoms with Gasteiger partial charge in [0.15, 0.2) is 0 Å². The first-order valence-electron chi connectivity index (χ1n) is 19.8. The van der Waals surface area contributed by atoms with E-state index in [1.54, 1.807) is 24.8 Å². The number of rotatable bonds is 15. The van der Waals surface area contributed by atoms with Gasteiger partial charge in [0.2, 0.25) is 11.8 Å². The van der Waals surface area contributed by atoms with Crippen molar-refractivity contribution in [2.75, 3.05) is 24.6 Å². The van der Waals surface area contributed by atoms with Crippen LogP contribution in [-0.2, 0) is 35.5 Å². The van der Waals surface area contributed by atoms with Crippen LogP contribution in [0.5, 0.6) is 0 Å². The molecule has 15 heteroatoms. The van der Waals surface area contributed by atoms with Gasteiger partial charge < -0.3 is 21.3 Å². The third-order valence-corrected chi connectivity index (χ3v) is 13.5. The van der Waals surface area contributed by atoms with Crippen molar-refractivity contribution in [3.05, 3.63) is 144 Å². The van der Waals surface area contributed by atoms with Crippen molar-refractivity contribution in [3.63, 3.8) is 0 Å². The lowest BCUT2D eigenvalue weighted by molar-refractivity contribution is -0.136. The topological polar surface area (TPSA) is 154 Å². The van der Waals surface area contributed by atoms with Crippen LogP contribution in [0.4, 0.5) is 0 Å². The molecule has 6 aromatic rings. The third-order valence-electron chi connectivity index (χ3n) is 11.0. The summed E-state index contributed by atoms with van der Waals surface area (Å²) >= 11 is 0. The molecular formula is C44H49ClN10O2S2. The number of carbonyl (C=O) groups excluding carboxylic acids is 2. The number of amides is 2. The standard InChI is InChI=1S/C44H48N10O2S2.ClH/c45-35(43(55)51-23-25-53-41(27-37(49-53)33-15-19-47-20-16-33)39(51)13-11-31-7-3-1-4-8-31)29-57-58-30-36(46)44(56)52-24-26-54-42(28-38(50-54)34-17-21-48-22-18-34)40(52)14-12-32-9-5-2-6-10-32;/h1-10,15-22,27-28,35-36,39-40H,11-14,23-26,29-30,45-46H2;1H/t35-,36-,39?,40?;/m0./s1. The fraction of sp³-hybridized carbons (Fsp3) is 0.318. The third kappa shape index (κ3) is 9.90. The lowest BCUT2D eigenvalue weighted by atomic mass is 9.98. The molecule has 2 amide bonds. The molecule has 0 fully saturated rings. The maximum Gasteiger partial charge on any atom is 0.241 e. The number of benzene rings is 2. The molecule has 306 valence electrons. The van der Waals surface area contributed by atoms with Crippen molar-refractivity contribution in [2.45, 2.75) is 62.9 Å². The molecule has 2 aliphatic heterocycles. The number of carbonyl (C=O) groups is 2. The lowest BCUT2D eigenvalue weighted by Gasteiger charge is -2.38. The molecule has 59 heavy (non-hydrogen) atoms. The van der Waals surface area contributed by atoms with Gasteiger partial charge in [0.05, 0.1) is 60.0 Å². The molecule has 2 unspecified atom stereocenters. The van der Waals surface area contributed by atoms with E-state index in [1.807, 2.05) is 79.8 Å².